The third-order valence-corrected chi connectivity index (χ3v) is 7.63. The molecule has 0 bridgehead atoms. The number of aromatic nitrogens is 2. The summed E-state index contributed by atoms with van der Waals surface area (Å²) in [6.07, 6.45) is 4.11. The monoisotopic (exact) mass is 432 g/mol. The van der Waals surface area contributed by atoms with Crippen molar-refractivity contribution in [1.82, 2.24) is 19.0 Å². The molecule has 1 aromatic heterocycles. The number of rotatable bonds is 4. The van der Waals surface area contributed by atoms with Gasteiger partial charge in [-0.25, -0.2) is 13.1 Å². The van der Waals surface area contributed by atoms with Gasteiger partial charge < -0.3 is 4.90 Å². The predicted molar refractivity (Wildman–Crippen MR) is 110 cm³/mol. The maximum atomic E-state index is 13.1. The van der Waals surface area contributed by atoms with Crippen LogP contribution in [0, 0.1) is 0 Å². The summed E-state index contributed by atoms with van der Waals surface area (Å²) in [4.78, 5) is 37.4. The zero-order chi connectivity index (χ0) is 21.3. The maximum absolute atomic E-state index is 13.1. The van der Waals surface area contributed by atoms with E-state index in [9.17, 15) is 22.8 Å². The molecule has 1 fully saturated rings. The number of fused-ring (bicyclic) bond motifs is 1. The van der Waals surface area contributed by atoms with Crippen molar-refractivity contribution in [2.24, 2.45) is 0 Å². The average molecular weight is 433 g/mol. The van der Waals surface area contributed by atoms with E-state index in [0.717, 1.165) is 48.1 Å². The lowest BCUT2D eigenvalue weighted by atomic mass is 9.92. The number of hydrogen-bond donors (Lipinski definition) is 1. The fourth-order valence-corrected chi connectivity index (χ4v) is 5.49. The molecule has 2 heterocycles. The molecule has 1 saturated heterocycles. The molecule has 0 unspecified atom stereocenters. The number of benzene rings is 1. The second kappa shape index (κ2) is 8.19. The summed E-state index contributed by atoms with van der Waals surface area (Å²) in [5.74, 6) is -0.343. The smallest absolute Gasteiger partial charge is 0.265 e. The van der Waals surface area contributed by atoms with Crippen molar-refractivity contribution in [3.8, 4) is 0 Å². The van der Waals surface area contributed by atoms with Crippen LogP contribution in [0.3, 0.4) is 0 Å². The lowest BCUT2D eigenvalue weighted by Crippen LogP contribution is -2.51. The number of amides is 1. The molecule has 1 N–H and O–H groups in total. The van der Waals surface area contributed by atoms with Crippen LogP contribution in [-0.4, -0.2) is 59.5 Å². The summed E-state index contributed by atoms with van der Waals surface area (Å²) < 4.78 is 28.5. The molecular formula is C20H24N4O5S. The first kappa shape index (κ1) is 20.5. The van der Waals surface area contributed by atoms with Crippen molar-refractivity contribution in [1.29, 1.82) is 0 Å². The summed E-state index contributed by atoms with van der Waals surface area (Å²) in [6.45, 7) is 0.548. The van der Waals surface area contributed by atoms with Crippen molar-refractivity contribution >= 4 is 15.9 Å². The van der Waals surface area contributed by atoms with Gasteiger partial charge in [0.2, 0.25) is 15.9 Å². The van der Waals surface area contributed by atoms with Crippen LogP contribution < -0.4 is 11.1 Å². The minimum Gasteiger partial charge on any atom is -0.338 e. The van der Waals surface area contributed by atoms with Crippen LogP contribution >= 0.6 is 0 Å². The normalized spacial score (nSPS) is 17.5. The van der Waals surface area contributed by atoms with Crippen LogP contribution in [0.15, 0.2) is 44.8 Å². The minimum absolute atomic E-state index is 0.186. The fraction of sp³-hybridized carbons (Fsp3) is 0.450. The van der Waals surface area contributed by atoms with Gasteiger partial charge in [0.25, 0.3) is 11.1 Å². The molecule has 1 aliphatic carbocycles. The second-order valence-corrected chi connectivity index (χ2v) is 9.59. The molecule has 4 rings (SSSR count). The molecule has 30 heavy (non-hydrogen) atoms. The van der Waals surface area contributed by atoms with Gasteiger partial charge in [0, 0.05) is 38.3 Å². The summed E-state index contributed by atoms with van der Waals surface area (Å²) >= 11 is 0. The van der Waals surface area contributed by atoms with Gasteiger partial charge in [0.05, 0.1) is 4.90 Å². The van der Waals surface area contributed by atoms with Crippen LogP contribution in [0.2, 0.25) is 0 Å². The summed E-state index contributed by atoms with van der Waals surface area (Å²) in [7, 11) is -3.62. The predicted octanol–water partition coefficient (Wildman–Crippen LogP) is -0.0515. The number of nitrogens with zero attached hydrogens (tertiary/aromatic N) is 3. The fourth-order valence-electron chi connectivity index (χ4n) is 4.01. The van der Waals surface area contributed by atoms with Crippen molar-refractivity contribution in [3.63, 3.8) is 0 Å². The van der Waals surface area contributed by atoms with Gasteiger partial charge in [0.1, 0.15) is 6.54 Å². The molecule has 1 amide bonds. The SMILES string of the molecule is O=C(Cn1[nH]c(=O)ccc1=O)N1CCN(S(=O)(=O)c2ccc3c(c2)CCCC3)CC1. The van der Waals surface area contributed by atoms with Crippen LogP contribution in [0.5, 0.6) is 0 Å². The van der Waals surface area contributed by atoms with E-state index in [1.165, 1.54) is 14.8 Å². The molecule has 2 aromatic rings. The summed E-state index contributed by atoms with van der Waals surface area (Å²) in [5.41, 5.74) is 1.39. The third-order valence-electron chi connectivity index (χ3n) is 5.73. The molecule has 0 spiro atoms. The topological polar surface area (TPSA) is 113 Å². The highest BCUT2D eigenvalue weighted by atomic mass is 32.2. The number of piperazine rings is 1. The molecule has 0 radical (unpaired) electrons. The molecule has 0 saturated carbocycles. The molecule has 1 aromatic carbocycles. The molecule has 0 atom stereocenters. The van der Waals surface area contributed by atoms with E-state index < -0.39 is 21.1 Å². The quantitative estimate of drug-likeness (QED) is 0.728. The highest BCUT2D eigenvalue weighted by Crippen LogP contribution is 2.26. The number of aryl methyl sites for hydroxylation is 2. The van der Waals surface area contributed by atoms with Gasteiger partial charge in [-0.1, -0.05) is 6.07 Å². The van der Waals surface area contributed by atoms with Crippen LogP contribution in [-0.2, 0) is 34.2 Å². The van der Waals surface area contributed by atoms with Gasteiger partial charge in [-0.05, 0) is 48.9 Å². The van der Waals surface area contributed by atoms with Crippen LogP contribution in [0.4, 0.5) is 0 Å². The van der Waals surface area contributed by atoms with Gasteiger partial charge in [-0.2, -0.15) is 4.31 Å². The Labute approximate surface area is 174 Å². The first-order chi connectivity index (χ1) is 14.3. The molecule has 160 valence electrons. The first-order valence-corrected chi connectivity index (χ1v) is 11.5. The number of aromatic amines is 1. The summed E-state index contributed by atoms with van der Waals surface area (Å²) in [6, 6.07) is 7.59. The van der Waals surface area contributed by atoms with E-state index in [2.05, 4.69) is 5.10 Å². The van der Waals surface area contributed by atoms with Gasteiger partial charge in [-0.15, -0.1) is 0 Å². The lowest BCUT2D eigenvalue weighted by molar-refractivity contribution is -0.133. The maximum Gasteiger partial charge on any atom is 0.265 e. The molecular weight excluding hydrogens is 408 g/mol. The molecule has 2 aliphatic rings. The average Bonchev–Trinajstić information content (AvgIpc) is 2.76. The number of hydrogen-bond acceptors (Lipinski definition) is 5. The Hall–Kier alpha value is -2.72. The Morgan fingerprint density at radius 2 is 1.63 bits per heavy atom. The number of sulfonamides is 1. The molecule has 1 aliphatic heterocycles. The lowest BCUT2D eigenvalue weighted by Gasteiger charge is -2.34. The highest BCUT2D eigenvalue weighted by Gasteiger charge is 2.30. The van der Waals surface area contributed by atoms with Crippen molar-refractivity contribution in [2.45, 2.75) is 37.1 Å². The number of carbonyl (C=O) groups is 1. The zero-order valence-electron chi connectivity index (χ0n) is 16.5. The minimum atomic E-state index is -3.62. The van der Waals surface area contributed by atoms with E-state index in [-0.39, 0.29) is 38.6 Å². The van der Waals surface area contributed by atoms with E-state index >= 15 is 0 Å². The summed E-state index contributed by atoms with van der Waals surface area (Å²) in [5, 5.41) is 2.32. The largest absolute Gasteiger partial charge is 0.338 e. The zero-order valence-corrected chi connectivity index (χ0v) is 17.4. The number of nitrogens with one attached hydrogen (secondary N) is 1. The Bertz CT molecular complexity index is 1180. The van der Waals surface area contributed by atoms with E-state index in [1.54, 1.807) is 12.1 Å². The Morgan fingerprint density at radius 3 is 2.37 bits per heavy atom. The van der Waals surface area contributed by atoms with Crippen LogP contribution in [0.1, 0.15) is 24.0 Å². The van der Waals surface area contributed by atoms with Crippen molar-refractivity contribution < 1.29 is 13.2 Å². The van der Waals surface area contributed by atoms with Gasteiger partial charge >= 0.3 is 0 Å². The Kier molecular flexibility index (Phi) is 5.61. The van der Waals surface area contributed by atoms with E-state index in [4.69, 9.17) is 0 Å². The first-order valence-electron chi connectivity index (χ1n) is 10.0. The molecule has 9 nitrogen and oxygen atoms in total. The van der Waals surface area contributed by atoms with Crippen LogP contribution in [0.25, 0.3) is 0 Å². The van der Waals surface area contributed by atoms with Crippen molar-refractivity contribution in [3.05, 3.63) is 62.2 Å². The number of carbonyl (C=O) groups excluding carboxylic acids is 1. The second-order valence-electron chi connectivity index (χ2n) is 7.66. The highest BCUT2D eigenvalue weighted by molar-refractivity contribution is 7.89. The number of H-pyrrole nitrogens is 1. The molecule has 10 heteroatoms. The standard InChI is InChI=1S/C20H24N4O5S/c25-18-7-8-19(26)24(21-18)14-20(27)22-9-11-23(12-10-22)30(28,29)17-6-5-15-3-1-2-4-16(15)13-17/h5-8,13H,1-4,9-12,14H2,(H,21,25). The van der Waals surface area contributed by atoms with E-state index in [0.29, 0.717) is 4.90 Å². The Morgan fingerprint density at radius 1 is 0.933 bits per heavy atom. The Balaban J connectivity index is 1.42. The van der Waals surface area contributed by atoms with Gasteiger partial charge in [0.15, 0.2) is 0 Å². The van der Waals surface area contributed by atoms with Gasteiger partial charge in [-0.3, -0.25) is 19.5 Å². The third kappa shape index (κ3) is 4.10. The van der Waals surface area contributed by atoms with E-state index in [1.807, 2.05) is 6.07 Å². The van der Waals surface area contributed by atoms with Crippen molar-refractivity contribution in [2.75, 3.05) is 26.2 Å².